The number of thioether (sulfide) groups is 1. The van der Waals surface area contributed by atoms with Gasteiger partial charge < -0.3 is 4.74 Å². The van der Waals surface area contributed by atoms with E-state index in [2.05, 4.69) is 24.0 Å². The summed E-state index contributed by atoms with van der Waals surface area (Å²) in [4.78, 5) is 28.8. The molecule has 7 nitrogen and oxygen atoms in total. The van der Waals surface area contributed by atoms with Crippen molar-refractivity contribution in [3.8, 4) is 5.69 Å². The van der Waals surface area contributed by atoms with Crippen molar-refractivity contribution < 1.29 is 9.53 Å². The molecule has 0 saturated carbocycles. The number of hydrogen-bond donors (Lipinski definition) is 0. The lowest BCUT2D eigenvalue weighted by molar-refractivity contribution is 0.00200. The van der Waals surface area contributed by atoms with Crippen LogP contribution in [-0.2, 0) is 17.8 Å². The molecule has 2 aromatic carbocycles. The lowest BCUT2D eigenvalue weighted by atomic mass is 9.96. The van der Waals surface area contributed by atoms with Gasteiger partial charge in [-0.1, -0.05) is 68.1 Å². The Hall–Kier alpha value is -3.27. The van der Waals surface area contributed by atoms with E-state index >= 15 is 0 Å². The molecule has 0 bridgehead atoms. The molecule has 9 heteroatoms. The second kappa shape index (κ2) is 9.55. The van der Waals surface area contributed by atoms with E-state index < -0.39 is 0 Å². The summed E-state index contributed by atoms with van der Waals surface area (Å²) >= 11 is 2.90. The summed E-state index contributed by atoms with van der Waals surface area (Å²) in [7, 11) is 0. The van der Waals surface area contributed by atoms with Crippen LogP contribution in [-0.4, -0.2) is 36.8 Å². The van der Waals surface area contributed by atoms with Gasteiger partial charge in [0.25, 0.3) is 5.56 Å². The van der Waals surface area contributed by atoms with Gasteiger partial charge in [-0.3, -0.25) is 9.59 Å². The molecule has 0 amide bonds. The molecular formula is C28H26N4O3S2. The first kappa shape index (κ1) is 24.1. The van der Waals surface area contributed by atoms with E-state index in [1.807, 2.05) is 65.9 Å². The minimum atomic E-state index is -0.0979. The molecule has 0 saturated heterocycles. The Kier molecular flexibility index (Phi) is 6.22. The van der Waals surface area contributed by atoms with Crippen LogP contribution in [0, 0.1) is 12.8 Å². The molecule has 0 spiro atoms. The van der Waals surface area contributed by atoms with Crippen molar-refractivity contribution in [2.24, 2.45) is 5.92 Å². The summed E-state index contributed by atoms with van der Waals surface area (Å²) in [6, 6.07) is 17.1. The highest BCUT2D eigenvalue weighted by Gasteiger charge is 2.30. The smallest absolute Gasteiger partial charge is 0.268 e. The van der Waals surface area contributed by atoms with Crippen molar-refractivity contribution >= 4 is 44.9 Å². The number of carbonyl (C=O) groups is 1. The molecule has 37 heavy (non-hydrogen) atoms. The fourth-order valence-corrected chi connectivity index (χ4v) is 6.92. The van der Waals surface area contributed by atoms with E-state index in [0.29, 0.717) is 40.8 Å². The van der Waals surface area contributed by atoms with Gasteiger partial charge in [-0.15, -0.1) is 21.5 Å². The highest BCUT2D eigenvalue weighted by Crippen LogP contribution is 2.37. The number of aromatic nitrogens is 4. The topological polar surface area (TPSA) is 78.5 Å². The van der Waals surface area contributed by atoms with Crippen LogP contribution in [0.25, 0.3) is 21.7 Å². The second-order valence-electron chi connectivity index (χ2n) is 9.66. The van der Waals surface area contributed by atoms with Crippen molar-refractivity contribution in [3.63, 3.8) is 0 Å². The van der Waals surface area contributed by atoms with Gasteiger partial charge in [-0.2, -0.15) is 0 Å². The molecule has 0 radical (unpaired) electrons. The lowest BCUT2D eigenvalue weighted by Crippen LogP contribution is -2.28. The standard InChI is InChI=1S/C28H26N4O3S2/c1-16(2)22-13-20-23(14-35-22)37-26-24(20)25(34)31(19-11-7-8-17(3)12-19)27-29-30-28(32(26)27)36-15-21(33)18-9-5-4-6-10-18/h4-12,16,22H,13-15H2,1-3H3/t22-/m0/s1. The van der Waals surface area contributed by atoms with Crippen molar-refractivity contribution in [2.45, 2.75) is 45.1 Å². The van der Waals surface area contributed by atoms with Crippen LogP contribution >= 0.6 is 23.1 Å². The molecule has 0 aliphatic carbocycles. The Morgan fingerprint density at radius 2 is 1.97 bits per heavy atom. The third-order valence-electron chi connectivity index (χ3n) is 6.77. The van der Waals surface area contributed by atoms with Crippen LogP contribution in [0.5, 0.6) is 0 Å². The van der Waals surface area contributed by atoms with Crippen molar-refractivity contribution in [1.29, 1.82) is 0 Å². The summed E-state index contributed by atoms with van der Waals surface area (Å²) in [5.74, 6) is 1.03. The first-order valence-corrected chi connectivity index (χ1v) is 14.1. The number of carbonyl (C=O) groups excluding carboxylic acids is 1. The van der Waals surface area contributed by atoms with Crippen LogP contribution in [0.15, 0.2) is 64.5 Å². The molecule has 0 fully saturated rings. The molecular weight excluding hydrogens is 504 g/mol. The van der Waals surface area contributed by atoms with Gasteiger partial charge in [-0.25, -0.2) is 8.97 Å². The molecule has 4 heterocycles. The Balaban J connectivity index is 1.55. The fraction of sp³-hybridized carbons (Fsp3) is 0.286. The third-order valence-corrected chi connectivity index (χ3v) is 8.89. The van der Waals surface area contributed by atoms with E-state index in [1.54, 1.807) is 15.9 Å². The number of aryl methyl sites for hydroxylation is 1. The second-order valence-corrected chi connectivity index (χ2v) is 11.7. The summed E-state index contributed by atoms with van der Waals surface area (Å²) in [6.45, 7) is 6.78. The number of thiophene rings is 1. The highest BCUT2D eigenvalue weighted by molar-refractivity contribution is 7.99. The van der Waals surface area contributed by atoms with Crippen molar-refractivity contribution in [3.05, 3.63) is 86.5 Å². The van der Waals surface area contributed by atoms with Crippen molar-refractivity contribution in [2.75, 3.05) is 5.75 Å². The van der Waals surface area contributed by atoms with Gasteiger partial charge >= 0.3 is 0 Å². The van der Waals surface area contributed by atoms with Crippen LogP contribution in [0.4, 0.5) is 0 Å². The van der Waals surface area contributed by atoms with Crippen LogP contribution in [0.3, 0.4) is 0 Å². The highest BCUT2D eigenvalue weighted by atomic mass is 32.2. The minimum Gasteiger partial charge on any atom is -0.372 e. The number of ketones is 1. The fourth-order valence-electron chi connectivity index (χ4n) is 4.80. The number of Topliss-reactive ketones (excluding diaryl/α,β-unsaturated/α-hetero) is 1. The summed E-state index contributed by atoms with van der Waals surface area (Å²) in [5, 5.41) is 10.2. The maximum atomic E-state index is 14.1. The van der Waals surface area contributed by atoms with Gasteiger partial charge in [0.05, 0.1) is 29.5 Å². The average molecular weight is 531 g/mol. The van der Waals surface area contributed by atoms with Crippen molar-refractivity contribution in [1.82, 2.24) is 19.2 Å². The van der Waals surface area contributed by atoms with E-state index in [0.717, 1.165) is 26.5 Å². The monoisotopic (exact) mass is 530 g/mol. The zero-order valence-electron chi connectivity index (χ0n) is 20.8. The lowest BCUT2D eigenvalue weighted by Gasteiger charge is -2.26. The van der Waals surface area contributed by atoms with E-state index in [4.69, 9.17) is 4.74 Å². The summed E-state index contributed by atoms with van der Waals surface area (Å²) in [5.41, 5.74) is 3.41. The van der Waals surface area contributed by atoms with Gasteiger partial charge in [-0.05, 0) is 36.1 Å². The van der Waals surface area contributed by atoms with Gasteiger partial charge in [0.15, 0.2) is 10.9 Å². The SMILES string of the molecule is Cc1cccc(-n2c(=O)c3c4c(sc3n3c(SCC(=O)c5ccccc5)nnc23)CO[C@H](C(C)C)C4)c1. The van der Waals surface area contributed by atoms with Gasteiger partial charge in [0.1, 0.15) is 4.83 Å². The number of nitrogens with zero attached hydrogens (tertiary/aromatic N) is 4. The Morgan fingerprint density at radius 3 is 2.73 bits per heavy atom. The van der Waals surface area contributed by atoms with Gasteiger partial charge in [0.2, 0.25) is 5.78 Å². The third kappa shape index (κ3) is 4.21. The van der Waals surface area contributed by atoms with E-state index in [9.17, 15) is 9.59 Å². The number of hydrogen-bond acceptors (Lipinski definition) is 7. The first-order valence-electron chi connectivity index (χ1n) is 12.3. The minimum absolute atomic E-state index is 0.0178. The quantitative estimate of drug-likeness (QED) is 0.214. The number of rotatable bonds is 6. The van der Waals surface area contributed by atoms with Gasteiger partial charge in [0, 0.05) is 16.9 Å². The number of fused-ring (bicyclic) bond motifs is 5. The molecule has 0 N–H and O–H groups in total. The number of ether oxygens (including phenoxy) is 1. The first-order chi connectivity index (χ1) is 17.9. The molecule has 0 unspecified atom stereocenters. The molecule has 188 valence electrons. The summed E-state index contributed by atoms with van der Waals surface area (Å²) in [6.07, 6.45) is 0.754. The Bertz CT molecular complexity index is 1700. The molecule has 3 aromatic heterocycles. The molecule has 1 aliphatic heterocycles. The largest absolute Gasteiger partial charge is 0.372 e. The predicted molar refractivity (Wildman–Crippen MR) is 147 cm³/mol. The van der Waals surface area contributed by atoms with Crippen LogP contribution in [0.1, 0.15) is 40.2 Å². The van der Waals surface area contributed by atoms with E-state index in [-0.39, 0.29) is 23.2 Å². The maximum Gasteiger partial charge on any atom is 0.268 e. The molecule has 5 aromatic rings. The normalized spacial score (nSPS) is 15.5. The van der Waals surface area contributed by atoms with Crippen LogP contribution in [0.2, 0.25) is 0 Å². The summed E-state index contributed by atoms with van der Waals surface area (Å²) < 4.78 is 9.72. The molecule has 1 atom stereocenters. The Labute approximate surface area is 222 Å². The average Bonchev–Trinajstić information content (AvgIpc) is 3.49. The number of benzene rings is 2. The predicted octanol–water partition coefficient (Wildman–Crippen LogP) is 5.48. The maximum absolute atomic E-state index is 14.1. The van der Waals surface area contributed by atoms with E-state index in [1.165, 1.54) is 11.8 Å². The Morgan fingerprint density at radius 1 is 1.16 bits per heavy atom. The molecule has 1 aliphatic rings. The zero-order valence-corrected chi connectivity index (χ0v) is 22.4. The molecule has 6 rings (SSSR count). The van der Waals surface area contributed by atoms with Crippen LogP contribution < -0.4 is 5.56 Å². The zero-order chi connectivity index (χ0) is 25.7.